The largest absolute Gasteiger partial charge is 0.389 e. The maximum Gasteiger partial charge on any atom is 0.389 e. The van der Waals surface area contributed by atoms with Gasteiger partial charge in [0.25, 0.3) is 0 Å². The summed E-state index contributed by atoms with van der Waals surface area (Å²) in [6.45, 7) is 0. The lowest BCUT2D eigenvalue weighted by Gasteiger charge is -2.13. The quantitative estimate of drug-likeness (QED) is 0.621. The Morgan fingerprint density at radius 1 is 0.706 bits per heavy atom. The predicted octanol–water partition coefficient (Wildman–Crippen LogP) is 5.00. The number of thioether (sulfide) groups is 1. The fraction of sp³-hybridized carbons (Fsp3) is 1.00. The number of alkyl halides is 8. The van der Waals surface area contributed by atoms with Gasteiger partial charge >= 0.3 is 12.4 Å². The van der Waals surface area contributed by atoms with Crippen molar-refractivity contribution in [3.05, 3.63) is 0 Å². The summed E-state index contributed by atoms with van der Waals surface area (Å²) in [6.07, 6.45) is -13.9. The first-order valence-electron chi connectivity index (χ1n) is 4.57. The standard InChI is InChI=1S/C8H10F8S/c9-5(1-3-7(11,12)13)17-6(10)2-4-8(14,15)16/h5-6H,1-4H2. The van der Waals surface area contributed by atoms with E-state index in [0.29, 0.717) is 0 Å². The molecule has 0 aromatic carbocycles. The molecule has 0 radical (unpaired) electrons. The van der Waals surface area contributed by atoms with Crippen LogP contribution in [0, 0.1) is 0 Å². The molecule has 0 fully saturated rings. The Kier molecular flexibility index (Phi) is 6.57. The SMILES string of the molecule is FC(CCC(F)(F)F)SC(F)CCC(F)(F)F. The number of halogens is 8. The zero-order valence-electron chi connectivity index (χ0n) is 8.42. The van der Waals surface area contributed by atoms with E-state index in [9.17, 15) is 35.1 Å². The molecule has 0 amide bonds. The van der Waals surface area contributed by atoms with E-state index in [4.69, 9.17) is 0 Å². The second-order valence-corrected chi connectivity index (χ2v) is 4.56. The average Bonchev–Trinajstić information content (AvgIpc) is 2.09. The maximum atomic E-state index is 12.7. The molecule has 0 aromatic rings. The van der Waals surface area contributed by atoms with Crippen molar-refractivity contribution in [3.8, 4) is 0 Å². The summed E-state index contributed by atoms with van der Waals surface area (Å²) in [5, 5.41) is 0. The van der Waals surface area contributed by atoms with Crippen molar-refractivity contribution in [2.75, 3.05) is 0 Å². The number of rotatable bonds is 6. The van der Waals surface area contributed by atoms with Gasteiger partial charge in [-0.1, -0.05) is 11.8 Å². The highest BCUT2D eigenvalue weighted by molar-refractivity contribution is 8.00. The molecule has 17 heavy (non-hydrogen) atoms. The molecule has 0 nitrogen and oxygen atoms in total. The van der Waals surface area contributed by atoms with E-state index in [-0.39, 0.29) is 11.8 Å². The van der Waals surface area contributed by atoms with Gasteiger partial charge in [0.2, 0.25) is 0 Å². The van der Waals surface area contributed by atoms with Crippen molar-refractivity contribution in [3.63, 3.8) is 0 Å². The second-order valence-electron chi connectivity index (χ2n) is 3.26. The molecular weight excluding hydrogens is 280 g/mol. The van der Waals surface area contributed by atoms with E-state index in [1.165, 1.54) is 0 Å². The smallest absolute Gasteiger partial charge is 0.236 e. The Balaban J connectivity index is 3.77. The van der Waals surface area contributed by atoms with E-state index >= 15 is 0 Å². The summed E-state index contributed by atoms with van der Waals surface area (Å²) >= 11 is -0.152. The number of hydrogen-bond donors (Lipinski definition) is 0. The number of hydrogen-bond acceptors (Lipinski definition) is 1. The van der Waals surface area contributed by atoms with Gasteiger partial charge in [0.05, 0.1) is 0 Å². The van der Waals surface area contributed by atoms with Gasteiger partial charge in [-0.2, -0.15) is 26.3 Å². The zero-order valence-corrected chi connectivity index (χ0v) is 9.23. The highest BCUT2D eigenvalue weighted by Crippen LogP contribution is 2.33. The van der Waals surface area contributed by atoms with Crippen LogP contribution in [0.3, 0.4) is 0 Å². The van der Waals surface area contributed by atoms with Gasteiger partial charge in [-0.15, -0.1) is 0 Å². The summed E-state index contributed by atoms with van der Waals surface area (Å²) in [7, 11) is 0. The fourth-order valence-corrected chi connectivity index (χ4v) is 1.68. The van der Waals surface area contributed by atoms with Crippen molar-refractivity contribution in [2.24, 2.45) is 0 Å². The minimum absolute atomic E-state index is 0.152. The Hall–Kier alpha value is -0.210. The van der Waals surface area contributed by atoms with Crippen molar-refractivity contribution in [1.29, 1.82) is 0 Å². The van der Waals surface area contributed by atoms with Crippen molar-refractivity contribution < 1.29 is 35.1 Å². The van der Waals surface area contributed by atoms with Crippen LogP contribution in [0.25, 0.3) is 0 Å². The van der Waals surface area contributed by atoms with Crippen LogP contribution in [-0.4, -0.2) is 23.4 Å². The van der Waals surface area contributed by atoms with Gasteiger partial charge in [0.15, 0.2) is 0 Å². The first-order chi connectivity index (χ1) is 7.49. The van der Waals surface area contributed by atoms with Gasteiger partial charge < -0.3 is 0 Å². The molecule has 0 aliphatic rings. The summed E-state index contributed by atoms with van der Waals surface area (Å²) < 4.78 is 95.3. The minimum Gasteiger partial charge on any atom is -0.236 e. The first kappa shape index (κ1) is 16.8. The van der Waals surface area contributed by atoms with Crippen LogP contribution in [0.4, 0.5) is 35.1 Å². The van der Waals surface area contributed by atoms with Crippen molar-refractivity contribution in [2.45, 2.75) is 49.0 Å². The normalized spacial score (nSPS) is 16.9. The van der Waals surface area contributed by atoms with Crippen LogP contribution in [0.5, 0.6) is 0 Å². The topological polar surface area (TPSA) is 0 Å². The van der Waals surface area contributed by atoms with E-state index < -0.39 is 49.0 Å². The van der Waals surface area contributed by atoms with E-state index in [1.807, 2.05) is 0 Å². The zero-order chi connectivity index (χ0) is 13.7. The highest BCUT2D eigenvalue weighted by Gasteiger charge is 2.31. The van der Waals surface area contributed by atoms with Crippen LogP contribution in [0.15, 0.2) is 0 Å². The molecule has 2 atom stereocenters. The van der Waals surface area contributed by atoms with Crippen LogP contribution < -0.4 is 0 Å². The first-order valence-corrected chi connectivity index (χ1v) is 5.51. The molecule has 0 saturated carbocycles. The van der Waals surface area contributed by atoms with Crippen LogP contribution in [0.1, 0.15) is 25.7 Å². The van der Waals surface area contributed by atoms with E-state index in [2.05, 4.69) is 0 Å². The molecule has 0 saturated heterocycles. The Morgan fingerprint density at radius 3 is 1.24 bits per heavy atom. The molecule has 104 valence electrons. The lowest BCUT2D eigenvalue weighted by molar-refractivity contribution is -0.136. The molecular formula is C8H10F8S. The maximum absolute atomic E-state index is 12.7. The highest BCUT2D eigenvalue weighted by atomic mass is 32.2. The van der Waals surface area contributed by atoms with Gasteiger partial charge in [-0.05, 0) is 12.8 Å². The lowest BCUT2D eigenvalue weighted by Crippen LogP contribution is -2.13. The molecule has 0 heterocycles. The molecule has 9 heteroatoms. The Bertz CT molecular complexity index is 189. The monoisotopic (exact) mass is 290 g/mol. The fourth-order valence-electron chi connectivity index (χ4n) is 0.851. The summed E-state index contributed by atoms with van der Waals surface area (Å²) in [4.78, 5) is 0. The van der Waals surface area contributed by atoms with Gasteiger partial charge in [0, 0.05) is 12.8 Å². The molecule has 0 aliphatic heterocycles. The Morgan fingerprint density at radius 2 is 1.00 bits per heavy atom. The summed E-state index contributed by atoms with van der Waals surface area (Å²) in [5.41, 5.74) is -4.31. The molecule has 0 aromatic heterocycles. The van der Waals surface area contributed by atoms with Crippen LogP contribution in [0.2, 0.25) is 0 Å². The van der Waals surface area contributed by atoms with E-state index in [0.717, 1.165) is 0 Å². The average molecular weight is 290 g/mol. The van der Waals surface area contributed by atoms with Crippen molar-refractivity contribution >= 4 is 11.8 Å². The van der Waals surface area contributed by atoms with E-state index in [1.54, 1.807) is 0 Å². The summed E-state index contributed by atoms with van der Waals surface area (Å²) in [5.74, 6) is 0. The predicted molar refractivity (Wildman–Crippen MR) is 48.0 cm³/mol. The summed E-state index contributed by atoms with van der Waals surface area (Å²) in [6, 6.07) is 0. The molecule has 0 aliphatic carbocycles. The lowest BCUT2D eigenvalue weighted by atomic mass is 10.3. The van der Waals surface area contributed by atoms with Gasteiger partial charge in [-0.3, -0.25) is 0 Å². The van der Waals surface area contributed by atoms with Gasteiger partial charge in [-0.25, -0.2) is 8.78 Å². The third-order valence-corrected chi connectivity index (χ3v) is 2.67. The molecule has 0 N–H and O–H groups in total. The third kappa shape index (κ3) is 12.0. The minimum atomic E-state index is -4.55. The molecule has 0 rings (SSSR count). The molecule has 0 bridgehead atoms. The molecule has 2 unspecified atom stereocenters. The Labute approximate surface area is 96.7 Å². The van der Waals surface area contributed by atoms with Gasteiger partial charge in [0.1, 0.15) is 11.0 Å². The van der Waals surface area contributed by atoms with Crippen molar-refractivity contribution in [1.82, 2.24) is 0 Å². The third-order valence-electron chi connectivity index (χ3n) is 1.60. The van der Waals surface area contributed by atoms with Crippen LogP contribution >= 0.6 is 11.8 Å². The molecule has 0 spiro atoms. The second kappa shape index (κ2) is 6.65. The van der Waals surface area contributed by atoms with Crippen LogP contribution in [-0.2, 0) is 0 Å².